The van der Waals surface area contributed by atoms with Gasteiger partial charge in [0.25, 0.3) is 10.0 Å². The van der Waals surface area contributed by atoms with Crippen molar-refractivity contribution >= 4 is 15.7 Å². The second kappa shape index (κ2) is 3.34. The number of para-hydroxylation sites is 1. The molecule has 0 spiro atoms. The molecule has 0 aromatic heterocycles. The first-order chi connectivity index (χ1) is 7.09. The zero-order valence-electron chi connectivity index (χ0n) is 7.93. The summed E-state index contributed by atoms with van der Waals surface area (Å²) in [6.07, 6.45) is 1.44. The average Bonchev–Trinajstić information content (AvgIpc) is 2.41. The Hall–Kier alpha value is -1.36. The Morgan fingerprint density at radius 2 is 2.13 bits per heavy atom. The molecule has 1 aromatic carbocycles. The van der Waals surface area contributed by atoms with E-state index in [0.29, 0.717) is 5.69 Å². The highest BCUT2D eigenvalue weighted by atomic mass is 32.2. The van der Waals surface area contributed by atoms with Crippen LogP contribution in [0.15, 0.2) is 36.9 Å². The number of benzene rings is 1. The summed E-state index contributed by atoms with van der Waals surface area (Å²) in [5.74, 6) is 0. The third-order valence-corrected chi connectivity index (χ3v) is 4.05. The van der Waals surface area contributed by atoms with Crippen LogP contribution in [0.4, 0.5) is 10.1 Å². The van der Waals surface area contributed by atoms with Gasteiger partial charge in [0.05, 0.1) is 12.2 Å². The lowest BCUT2D eigenvalue weighted by atomic mass is 10.2. The lowest BCUT2D eigenvalue weighted by molar-refractivity contribution is 0.438. The minimum absolute atomic E-state index is 0.0970. The minimum Gasteiger partial charge on any atom is -0.263 e. The smallest absolute Gasteiger partial charge is 0.263 e. The Balaban J connectivity index is 2.61. The Bertz CT molecular complexity index is 498. The number of anilines is 1. The molecule has 0 aliphatic carbocycles. The van der Waals surface area contributed by atoms with Gasteiger partial charge in [-0.15, -0.1) is 6.58 Å². The summed E-state index contributed by atoms with van der Waals surface area (Å²) in [7, 11) is -3.89. The fourth-order valence-electron chi connectivity index (χ4n) is 1.64. The standard InChI is InChI=1S/C10H10FNO2S/c1-2-7-12-9-6-4-3-5-8(9)10(11)15(12,13)14/h2-6,10H,1,7H2. The summed E-state index contributed by atoms with van der Waals surface area (Å²) in [4.78, 5) is 0. The topological polar surface area (TPSA) is 37.4 Å². The largest absolute Gasteiger partial charge is 0.272 e. The van der Waals surface area contributed by atoms with Gasteiger partial charge in [-0.05, 0) is 6.07 Å². The van der Waals surface area contributed by atoms with Gasteiger partial charge in [-0.1, -0.05) is 24.3 Å². The van der Waals surface area contributed by atoms with E-state index in [1.807, 2.05) is 0 Å². The third kappa shape index (κ3) is 1.34. The van der Waals surface area contributed by atoms with Crippen molar-refractivity contribution in [3.63, 3.8) is 0 Å². The molecule has 80 valence electrons. The van der Waals surface area contributed by atoms with Crippen LogP contribution in [0.1, 0.15) is 11.1 Å². The van der Waals surface area contributed by atoms with Crippen LogP contribution in [-0.2, 0) is 10.0 Å². The van der Waals surface area contributed by atoms with Crippen LogP contribution < -0.4 is 4.31 Å². The first kappa shape index (κ1) is 10.2. The molecule has 2 rings (SSSR count). The Kier molecular flexibility index (Phi) is 2.26. The normalized spacial score (nSPS) is 22.5. The van der Waals surface area contributed by atoms with E-state index in [4.69, 9.17) is 0 Å². The van der Waals surface area contributed by atoms with Crippen molar-refractivity contribution in [1.82, 2.24) is 0 Å². The average molecular weight is 227 g/mol. The first-order valence-corrected chi connectivity index (χ1v) is 5.95. The van der Waals surface area contributed by atoms with Crippen molar-refractivity contribution in [2.24, 2.45) is 0 Å². The van der Waals surface area contributed by atoms with E-state index in [-0.39, 0.29) is 12.1 Å². The first-order valence-electron chi connectivity index (χ1n) is 4.44. The van der Waals surface area contributed by atoms with Gasteiger partial charge in [0.2, 0.25) is 5.50 Å². The molecule has 3 nitrogen and oxygen atoms in total. The van der Waals surface area contributed by atoms with Gasteiger partial charge < -0.3 is 0 Å². The molecule has 0 saturated carbocycles. The van der Waals surface area contributed by atoms with Crippen LogP contribution in [0.5, 0.6) is 0 Å². The monoisotopic (exact) mass is 227 g/mol. The van der Waals surface area contributed by atoms with Crippen LogP contribution in [0.3, 0.4) is 0 Å². The van der Waals surface area contributed by atoms with Crippen LogP contribution in [0.2, 0.25) is 0 Å². The number of alkyl halides is 1. The van der Waals surface area contributed by atoms with Crippen molar-refractivity contribution in [2.45, 2.75) is 5.50 Å². The Morgan fingerprint density at radius 1 is 1.47 bits per heavy atom. The molecule has 0 radical (unpaired) electrons. The highest BCUT2D eigenvalue weighted by molar-refractivity contribution is 7.93. The quantitative estimate of drug-likeness (QED) is 0.724. The van der Waals surface area contributed by atoms with Gasteiger partial charge in [0, 0.05) is 5.56 Å². The molecule has 0 saturated heterocycles. The molecule has 1 atom stereocenters. The van der Waals surface area contributed by atoms with Crippen molar-refractivity contribution in [3.05, 3.63) is 42.5 Å². The van der Waals surface area contributed by atoms with Gasteiger partial charge in [0.1, 0.15) is 0 Å². The summed E-state index contributed by atoms with van der Waals surface area (Å²) in [6.45, 7) is 3.56. The van der Waals surface area contributed by atoms with E-state index in [1.54, 1.807) is 18.2 Å². The number of hydrogen-bond acceptors (Lipinski definition) is 2. The van der Waals surface area contributed by atoms with Gasteiger partial charge in [-0.2, -0.15) is 0 Å². The molecule has 5 heteroatoms. The van der Waals surface area contributed by atoms with E-state index in [1.165, 1.54) is 12.1 Å². The lowest BCUT2D eigenvalue weighted by Gasteiger charge is -2.15. The molecular formula is C10H10FNO2S. The van der Waals surface area contributed by atoms with Gasteiger partial charge >= 0.3 is 0 Å². The number of sulfonamides is 1. The molecule has 0 N–H and O–H groups in total. The molecule has 15 heavy (non-hydrogen) atoms. The van der Waals surface area contributed by atoms with Crippen molar-refractivity contribution in [1.29, 1.82) is 0 Å². The highest BCUT2D eigenvalue weighted by Gasteiger charge is 2.42. The second-order valence-electron chi connectivity index (χ2n) is 3.24. The van der Waals surface area contributed by atoms with E-state index in [9.17, 15) is 12.8 Å². The molecule has 0 bridgehead atoms. The Morgan fingerprint density at radius 3 is 2.80 bits per heavy atom. The molecule has 0 amide bonds. The molecule has 1 aliphatic heterocycles. The van der Waals surface area contributed by atoms with Gasteiger partial charge in [0.15, 0.2) is 0 Å². The lowest BCUT2D eigenvalue weighted by Crippen LogP contribution is -2.27. The Labute approximate surface area is 87.9 Å². The fourth-order valence-corrected chi connectivity index (χ4v) is 3.13. The fraction of sp³-hybridized carbons (Fsp3) is 0.200. The summed E-state index contributed by atoms with van der Waals surface area (Å²) in [6, 6.07) is 6.39. The van der Waals surface area contributed by atoms with Crippen LogP contribution in [0, 0.1) is 0 Å². The SMILES string of the molecule is C=CCN1c2ccccc2C(F)S1(=O)=O. The van der Waals surface area contributed by atoms with Crippen molar-refractivity contribution in [3.8, 4) is 0 Å². The van der Waals surface area contributed by atoms with Crippen LogP contribution >= 0.6 is 0 Å². The van der Waals surface area contributed by atoms with Crippen molar-refractivity contribution < 1.29 is 12.8 Å². The predicted octanol–water partition coefficient (Wildman–Crippen LogP) is 1.99. The summed E-state index contributed by atoms with van der Waals surface area (Å²) < 4.78 is 37.9. The number of fused-ring (bicyclic) bond motifs is 1. The van der Waals surface area contributed by atoms with E-state index < -0.39 is 15.5 Å². The summed E-state index contributed by atoms with van der Waals surface area (Å²) >= 11 is 0. The zero-order valence-corrected chi connectivity index (χ0v) is 8.74. The second-order valence-corrected chi connectivity index (χ2v) is 5.12. The zero-order chi connectivity index (χ0) is 11.1. The maximum atomic E-state index is 13.6. The molecular weight excluding hydrogens is 217 g/mol. The van der Waals surface area contributed by atoms with Crippen LogP contribution in [0.25, 0.3) is 0 Å². The van der Waals surface area contributed by atoms with E-state index in [0.717, 1.165) is 4.31 Å². The summed E-state index contributed by atoms with van der Waals surface area (Å²) in [5.41, 5.74) is -1.34. The number of hydrogen-bond donors (Lipinski definition) is 0. The molecule has 1 heterocycles. The maximum Gasteiger partial charge on any atom is 0.272 e. The number of nitrogens with zero attached hydrogens (tertiary/aromatic N) is 1. The van der Waals surface area contributed by atoms with Gasteiger partial charge in [-0.3, -0.25) is 4.31 Å². The molecule has 1 aliphatic rings. The predicted molar refractivity (Wildman–Crippen MR) is 56.8 cm³/mol. The summed E-state index contributed by atoms with van der Waals surface area (Å²) in [5, 5.41) is 0. The number of halogens is 1. The van der Waals surface area contributed by atoms with Gasteiger partial charge in [-0.25, -0.2) is 12.8 Å². The molecule has 1 aromatic rings. The third-order valence-electron chi connectivity index (χ3n) is 2.31. The van der Waals surface area contributed by atoms with E-state index in [2.05, 4.69) is 6.58 Å². The minimum atomic E-state index is -3.89. The molecule has 1 unspecified atom stereocenters. The van der Waals surface area contributed by atoms with Crippen LogP contribution in [-0.4, -0.2) is 15.0 Å². The molecule has 0 fully saturated rings. The maximum absolute atomic E-state index is 13.6. The highest BCUT2D eigenvalue weighted by Crippen LogP contribution is 2.42. The number of rotatable bonds is 2. The van der Waals surface area contributed by atoms with Crippen molar-refractivity contribution in [2.75, 3.05) is 10.8 Å². The van der Waals surface area contributed by atoms with E-state index >= 15 is 0 Å².